The maximum Gasteiger partial charge on any atom is 0.233 e. The van der Waals surface area contributed by atoms with Crippen LogP contribution in [0, 0.1) is 0 Å². The van der Waals surface area contributed by atoms with Gasteiger partial charge < -0.3 is 4.90 Å². The van der Waals surface area contributed by atoms with E-state index in [1.165, 1.54) is 0 Å². The average Bonchev–Trinajstić information content (AvgIpc) is 2.68. The van der Waals surface area contributed by atoms with Gasteiger partial charge in [0.25, 0.3) is 0 Å². The number of carbonyl (C=O) groups is 1. The van der Waals surface area contributed by atoms with E-state index in [1.807, 2.05) is 71.6 Å². The molecule has 1 aliphatic rings. The second-order valence-corrected chi connectivity index (χ2v) is 6.42. The Kier molecular flexibility index (Phi) is 4.06. The SMILES string of the molecule is C[C@H](c1ccccc1)N1C(=O)[C@H](c2ccccc2)[C@H]1c1ccccn1. The number of nitrogens with zero attached hydrogens (tertiary/aromatic N) is 2. The molecule has 2 aromatic carbocycles. The van der Waals surface area contributed by atoms with Crippen LogP contribution in [0.3, 0.4) is 0 Å². The normalized spacial score (nSPS) is 20.8. The molecule has 0 aliphatic carbocycles. The van der Waals surface area contributed by atoms with Crippen molar-refractivity contribution in [2.75, 3.05) is 0 Å². The average molecular weight is 328 g/mol. The number of β-lactam (4-membered cyclic amide) rings is 1. The molecule has 0 saturated carbocycles. The molecule has 124 valence electrons. The molecule has 1 aliphatic heterocycles. The number of rotatable bonds is 4. The first-order valence-electron chi connectivity index (χ1n) is 8.60. The van der Waals surface area contributed by atoms with Crippen molar-refractivity contribution >= 4 is 5.91 Å². The summed E-state index contributed by atoms with van der Waals surface area (Å²) in [5.74, 6) is 0.000434. The van der Waals surface area contributed by atoms with E-state index >= 15 is 0 Å². The summed E-state index contributed by atoms with van der Waals surface area (Å²) in [6, 6.07) is 26.1. The molecule has 0 radical (unpaired) electrons. The van der Waals surface area contributed by atoms with E-state index in [2.05, 4.69) is 24.0 Å². The van der Waals surface area contributed by atoms with E-state index in [0.717, 1.165) is 16.8 Å². The fraction of sp³-hybridized carbons (Fsp3) is 0.182. The summed E-state index contributed by atoms with van der Waals surface area (Å²) in [4.78, 5) is 19.6. The van der Waals surface area contributed by atoms with E-state index in [4.69, 9.17) is 0 Å². The van der Waals surface area contributed by atoms with Crippen molar-refractivity contribution < 1.29 is 4.79 Å². The highest BCUT2D eigenvalue weighted by atomic mass is 16.2. The first-order chi connectivity index (χ1) is 12.3. The first kappa shape index (κ1) is 15.6. The number of pyridine rings is 1. The smallest absolute Gasteiger partial charge is 0.233 e. The van der Waals surface area contributed by atoms with Gasteiger partial charge in [-0.3, -0.25) is 9.78 Å². The van der Waals surface area contributed by atoms with Gasteiger partial charge in [0.1, 0.15) is 0 Å². The lowest BCUT2D eigenvalue weighted by molar-refractivity contribution is -0.154. The zero-order chi connectivity index (χ0) is 17.2. The van der Waals surface area contributed by atoms with Crippen LogP contribution >= 0.6 is 0 Å². The molecule has 25 heavy (non-hydrogen) atoms. The zero-order valence-electron chi connectivity index (χ0n) is 14.1. The molecular formula is C22H20N2O. The van der Waals surface area contributed by atoms with Gasteiger partial charge in [0.2, 0.25) is 5.91 Å². The minimum Gasteiger partial charge on any atom is -0.326 e. The fourth-order valence-electron chi connectivity index (χ4n) is 3.68. The molecule has 0 bridgehead atoms. The van der Waals surface area contributed by atoms with Gasteiger partial charge >= 0.3 is 0 Å². The van der Waals surface area contributed by atoms with Gasteiger partial charge in [-0.1, -0.05) is 66.7 Å². The van der Waals surface area contributed by atoms with Crippen LogP contribution in [0.5, 0.6) is 0 Å². The van der Waals surface area contributed by atoms with Gasteiger partial charge in [0, 0.05) is 6.20 Å². The first-order valence-corrected chi connectivity index (χ1v) is 8.60. The van der Waals surface area contributed by atoms with Crippen molar-refractivity contribution in [1.29, 1.82) is 0 Å². The highest BCUT2D eigenvalue weighted by molar-refractivity contribution is 5.91. The molecule has 3 heteroatoms. The summed E-state index contributed by atoms with van der Waals surface area (Å²) in [7, 11) is 0. The Morgan fingerprint density at radius 1 is 0.880 bits per heavy atom. The highest BCUT2D eigenvalue weighted by Crippen LogP contribution is 2.49. The van der Waals surface area contributed by atoms with Crippen LogP contribution in [0.4, 0.5) is 0 Å². The molecule has 1 saturated heterocycles. The van der Waals surface area contributed by atoms with Gasteiger partial charge in [-0.2, -0.15) is 0 Å². The molecule has 1 amide bonds. The van der Waals surface area contributed by atoms with Crippen molar-refractivity contribution in [1.82, 2.24) is 9.88 Å². The van der Waals surface area contributed by atoms with Gasteiger partial charge in [-0.25, -0.2) is 0 Å². The van der Waals surface area contributed by atoms with E-state index < -0.39 is 0 Å². The predicted octanol–water partition coefficient (Wildman–Crippen LogP) is 4.51. The van der Waals surface area contributed by atoms with Crippen molar-refractivity contribution in [2.45, 2.75) is 24.9 Å². The van der Waals surface area contributed by atoms with Crippen molar-refractivity contribution in [3.8, 4) is 0 Å². The molecule has 3 atom stereocenters. The Morgan fingerprint density at radius 3 is 2.16 bits per heavy atom. The van der Waals surface area contributed by atoms with Crippen LogP contribution < -0.4 is 0 Å². The number of likely N-dealkylation sites (tertiary alicyclic amines) is 1. The maximum absolute atomic E-state index is 13.1. The van der Waals surface area contributed by atoms with E-state index in [0.29, 0.717) is 0 Å². The molecule has 0 spiro atoms. The largest absolute Gasteiger partial charge is 0.326 e. The number of aromatic nitrogens is 1. The van der Waals surface area contributed by atoms with Crippen LogP contribution in [0.25, 0.3) is 0 Å². The summed E-state index contributed by atoms with van der Waals surface area (Å²) in [5.41, 5.74) is 3.14. The van der Waals surface area contributed by atoms with E-state index in [9.17, 15) is 4.79 Å². The third kappa shape index (κ3) is 2.72. The third-order valence-electron chi connectivity index (χ3n) is 4.98. The molecule has 1 aromatic heterocycles. The number of hydrogen-bond acceptors (Lipinski definition) is 2. The minimum absolute atomic E-state index is 0.0145. The van der Waals surface area contributed by atoms with Gasteiger partial charge in [-0.15, -0.1) is 0 Å². The summed E-state index contributed by atoms with van der Waals surface area (Å²) in [6.45, 7) is 2.09. The summed E-state index contributed by atoms with van der Waals surface area (Å²) < 4.78 is 0. The van der Waals surface area contributed by atoms with Crippen LogP contribution in [-0.4, -0.2) is 15.8 Å². The predicted molar refractivity (Wildman–Crippen MR) is 97.9 cm³/mol. The van der Waals surface area contributed by atoms with E-state index in [1.54, 1.807) is 6.20 Å². The minimum atomic E-state index is -0.165. The van der Waals surface area contributed by atoms with Crippen molar-refractivity contribution in [3.05, 3.63) is 102 Å². The van der Waals surface area contributed by atoms with Crippen molar-refractivity contribution in [2.24, 2.45) is 0 Å². The zero-order valence-corrected chi connectivity index (χ0v) is 14.1. The second kappa shape index (κ2) is 6.52. The monoisotopic (exact) mass is 328 g/mol. The van der Waals surface area contributed by atoms with Gasteiger partial charge in [0.15, 0.2) is 0 Å². The Morgan fingerprint density at radius 2 is 1.52 bits per heavy atom. The molecule has 0 unspecified atom stereocenters. The number of benzene rings is 2. The Labute approximate surface area is 148 Å². The van der Waals surface area contributed by atoms with Crippen LogP contribution in [0.1, 0.15) is 41.7 Å². The number of carbonyl (C=O) groups excluding carboxylic acids is 1. The topological polar surface area (TPSA) is 33.2 Å². The lowest BCUT2D eigenvalue weighted by Crippen LogP contribution is -2.54. The maximum atomic E-state index is 13.1. The number of hydrogen-bond donors (Lipinski definition) is 0. The highest BCUT2D eigenvalue weighted by Gasteiger charge is 2.51. The molecule has 0 N–H and O–H groups in total. The van der Waals surface area contributed by atoms with Crippen LogP contribution in [-0.2, 0) is 4.79 Å². The number of amides is 1. The molecular weight excluding hydrogens is 308 g/mol. The molecule has 3 aromatic rings. The second-order valence-electron chi connectivity index (χ2n) is 6.42. The summed E-state index contributed by atoms with van der Waals surface area (Å²) in [6.07, 6.45) is 1.80. The third-order valence-corrected chi connectivity index (χ3v) is 4.98. The quantitative estimate of drug-likeness (QED) is 0.660. The standard InChI is InChI=1S/C22H20N2O/c1-16(17-10-4-2-5-11-17)24-21(19-14-8-9-15-23-19)20(22(24)25)18-12-6-3-7-13-18/h2-16,20-21H,1H3/t16-,20-,21-/m1/s1. The molecule has 2 heterocycles. The Bertz CT molecular complexity index is 849. The van der Waals surface area contributed by atoms with Gasteiger partial charge in [0.05, 0.1) is 23.7 Å². The molecule has 3 nitrogen and oxygen atoms in total. The van der Waals surface area contributed by atoms with Crippen molar-refractivity contribution in [3.63, 3.8) is 0 Å². The summed E-state index contributed by atoms with van der Waals surface area (Å²) >= 11 is 0. The lowest BCUT2D eigenvalue weighted by Gasteiger charge is -2.50. The molecule has 1 fully saturated rings. The van der Waals surface area contributed by atoms with E-state index in [-0.39, 0.29) is 23.9 Å². The molecule has 4 rings (SSSR count). The Hall–Kier alpha value is -2.94. The van der Waals surface area contributed by atoms with Gasteiger partial charge in [-0.05, 0) is 30.2 Å². The van der Waals surface area contributed by atoms with Crippen LogP contribution in [0.2, 0.25) is 0 Å². The van der Waals surface area contributed by atoms with Crippen LogP contribution in [0.15, 0.2) is 85.1 Å². The fourth-order valence-corrected chi connectivity index (χ4v) is 3.68. The Balaban J connectivity index is 1.73. The summed E-state index contributed by atoms with van der Waals surface area (Å²) in [5, 5.41) is 0. The lowest BCUT2D eigenvalue weighted by atomic mass is 9.78.